The van der Waals surface area contributed by atoms with Crippen LogP contribution < -0.4 is 5.32 Å². The van der Waals surface area contributed by atoms with Crippen molar-refractivity contribution in [3.05, 3.63) is 65.2 Å². The maximum absolute atomic E-state index is 12.6. The van der Waals surface area contributed by atoms with Crippen molar-refractivity contribution in [3.8, 4) is 0 Å². The Bertz CT molecular complexity index is 925. The molecule has 1 atom stereocenters. The van der Waals surface area contributed by atoms with Crippen LogP contribution in [0.15, 0.2) is 48.5 Å². The number of hydrogen-bond donors (Lipinski definition) is 1. The van der Waals surface area contributed by atoms with Crippen LogP contribution in [0.4, 0.5) is 5.69 Å². The first kappa shape index (κ1) is 22.4. The average molecular weight is 428 g/mol. The highest BCUT2D eigenvalue weighted by atomic mass is 32.2. The molecule has 1 heterocycles. The summed E-state index contributed by atoms with van der Waals surface area (Å²) < 4.78 is 17.9. The maximum atomic E-state index is 12.6. The number of ketones is 1. The van der Waals surface area contributed by atoms with Gasteiger partial charge in [0.2, 0.25) is 0 Å². The second-order valence-corrected chi connectivity index (χ2v) is 10.4. The Balaban J connectivity index is 1.63. The van der Waals surface area contributed by atoms with Crippen LogP contribution in [0.25, 0.3) is 0 Å². The molecule has 0 aliphatic carbocycles. The van der Waals surface area contributed by atoms with Gasteiger partial charge in [0.05, 0.1) is 0 Å². The summed E-state index contributed by atoms with van der Waals surface area (Å²) in [6.07, 6.45) is 1.62. The number of rotatable bonds is 6. The number of Topliss-reactive ketones (excluding diaryl/α,β-unsaturated/α-hetero) is 1. The summed E-state index contributed by atoms with van der Waals surface area (Å²) in [5.41, 5.74) is 2.84. The fourth-order valence-electron chi connectivity index (χ4n) is 3.40. The fourth-order valence-corrected chi connectivity index (χ4v) is 4.86. The van der Waals surface area contributed by atoms with Crippen molar-refractivity contribution in [2.45, 2.75) is 50.0 Å². The number of nitrogens with one attached hydrogen (secondary N) is 1. The van der Waals surface area contributed by atoms with E-state index in [1.165, 1.54) is 0 Å². The molecule has 1 N–H and O–H groups in total. The molecule has 0 bridgehead atoms. The Morgan fingerprint density at radius 3 is 2.37 bits per heavy atom. The fraction of sp³-hybridized carbons (Fsp3) is 0.417. The minimum absolute atomic E-state index is 0.0188. The molecule has 1 saturated heterocycles. The highest BCUT2D eigenvalue weighted by molar-refractivity contribution is 7.84. The molecular weight excluding hydrogens is 398 g/mol. The van der Waals surface area contributed by atoms with E-state index in [2.05, 4.69) is 26.1 Å². The van der Waals surface area contributed by atoms with Gasteiger partial charge in [-0.25, -0.2) is 0 Å². The van der Waals surface area contributed by atoms with Crippen LogP contribution in [0, 0.1) is 0 Å². The lowest BCUT2D eigenvalue weighted by Crippen LogP contribution is -2.25. The van der Waals surface area contributed by atoms with Crippen molar-refractivity contribution in [1.29, 1.82) is 0 Å². The monoisotopic (exact) mass is 427 g/mol. The van der Waals surface area contributed by atoms with E-state index in [4.69, 9.17) is 4.74 Å². The summed E-state index contributed by atoms with van der Waals surface area (Å²) in [7, 11) is -0.986. The number of hydrogen-bond acceptors (Lipinski definition) is 4. The molecular formula is C24H29NO4S. The second-order valence-electron chi connectivity index (χ2n) is 8.65. The summed E-state index contributed by atoms with van der Waals surface area (Å²) in [5.74, 6) is -0.829. The SMILES string of the molecule is CC(C)(C)c1ccc(C(=O)C(=O)Nc2cccc(CS(=O)C3CCOCC3)c2)cc1. The first-order chi connectivity index (χ1) is 14.2. The van der Waals surface area contributed by atoms with E-state index in [9.17, 15) is 13.8 Å². The van der Waals surface area contributed by atoms with Gasteiger partial charge in [0.15, 0.2) is 0 Å². The molecule has 6 heteroatoms. The Hall–Kier alpha value is -2.31. The standard InChI is InChI=1S/C24H29NO4S/c1-24(2,3)19-9-7-18(8-10-19)22(26)23(27)25-20-6-4-5-17(15-20)16-30(28)21-11-13-29-14-12-21/h4-10,15,21H,11-14,16H2,1-3H3,(H,25,27). The van der Waals surface area contributed by atoms with Crippen molar-refractivity contribution in [3.63, 3.8) is 0 Å². The number of anilines is 1. The Kier molecular flexibility index (Phi) is 7.21. The minimum Gasteiger partial charge on any atom is -0.381 e. The first-order valence-electron chi connectivity index (χ1n) is 10.2. The number of amides is 1. The summed E-state index contributed by atoms with van der Waals surface area (Å²) in [6.45, 7) is 7.60. The molecule has 2 aromatic carbocycles. The van der Waals surface area contributed by atoms with Gasteiger partial charge in [0, 0.05) is 46.3 Å². The van der Waals surface area contributed by atoms with Gasteiger partial charge >= 0.3 is 0 Å². The minimum atomic E-state index is -0.986. The zero-order valence-corrected chi connectivity index (χ0v) is 18.6. The summed E-state index contributed by atoms with van der Waals surface area (Å²) in [6, 6.07) is 14.3. The van der Waals surface area contributed by atoms with E-state index >= 15 is 0 Å². The van der Waals surface area contributed by atoms with Crippen molar-refractivity contribution >= 4 is 28.2 Å². The molecule has 3 rings (SSSR count). The van der Waals surface area contributed by atoms with Gasteiger partial charge in [-0.05, 0) is 41.5 Å². The van der Waals surface area contributed by atoms with Crippen LogP contribution in [0.2, 0.25) is 0 Å². The van der Waals surface area contributed by atoms with Gasteiger partial charge in [0.1, 0.15) is 0 Å². The van der Waals surface area contributed by atoms with Crippen molar-refractivity contribution in [2.75, 3.05) is 18.5 Å². The molecule has 30 heavy (non-hydrogen) atoms. The summed E-state index contributed by atoms with van der Waals surface area (Å²) >= 11 is 0. The summed E-state index contributed by atoms with van der Waals surface area (Å²) in [5, 5.41) is 2.82. The number of carbonyl (C=O) groups excluding carboxylic acids is 2. The smallest absolute Gasteiger partial charge is 0.296 e. The molecule has 1 aliphatic rings. The second kappa shape index (κ2) is 9.67. The third kappa shape index (κ3) is 5.86. The first-order valence-corrected chi connectivity index (χ1v) is 11.6. The molecule has 2 aromatic rings. The van der Waals surface area contributed by atoms with Gasteiger partial charge in [0.25, 0.3) is 11.7 Å². The van der Waals surface area contributed by atoms with Crippen molar-refractivity contribution in [2.24, 2.45) is 0 Å². The molecule has 160 valence electrons. The molecule has 1 fully saturated rings. The van der Waals surface area contributed by atoms with Gasteiger partial charge in [-0.2, -0.15) is 0 Å². The van der Waals surface area contributed by atoms with E-state index < -0.39 is 22.5 Å². The number of ether oxygens (including phenoxy) is 1. The van der Waals surface area contributed by atoms with Gasteiger partial charge in [-0.15, -0.1) is 0 Å². The van der Waals surface area contributed by atoms with Gasteiger partial charge in [-0.1, -0.05) is 57.2 Å². The van der Waals surface area contributed by atoms with E-state index in [1.807, 2.05) is 18.2 Å². The molecule has 0 spiro atoms. The van der Waals surface area contributed by atoms with E-state index in [-0.39, 0.29) is 10.7 Å². The molecule has 1 amide bonds. The Morgan fingerprint density at radius 1 is 1.07 bits per heavy atom. The van der Waals surface area contributed by atoms with Crippen LogP contribution in [-0.2, 0) is 31.5 Å². The normalized spacial score (nSPS) is 16.1. The topological polar surface area (TPSA) is 72.5 Å². The van der Waals surface area contributed by atoms with Gasteiger partial charge in [-0.3, -0.25) is 13.8 Å². The molecule has 0 aromatic heterocycles. The Labute approximate surface area is 180 Å². The third-order valence-corrected chi connectivity index (χ3v) is 7.09. The van der Waals surface area contributed by atoms with E-state index in [0.717, 1.165) is 24.0 Å². The van der Waals surface area contributed by atoms with Crippen molar-refractivity contribution < 1.29 is 18.5 Å². The van der Waals surface area contributed by atoms with E-state index in [0.29, 0.717) is 30.2 Å². The van der Waals surface area contributed by atoms with Crippen molar-refractivity contribution in [1.82, 2.24) is 0 Å². The highest BCUT2D eigenvalue weighted by Crippen LogP contribution is 2.23. The number of carbonyl (C=O) groups is 2. The van der Waals surface area contributed by atoms with Crippen LogP contribution >= 0.6 is 0 Å². The predicted octanol–water partition coefficient (Wildman–Crippen LogP) is 4.23. The highest BCUT2D eigenvalue weighted by Gasteiger charge is 2.21. The zero-order chi connectivity index (χ0) is 21.7. The molecule has 0 radical (unpaired) electrons. The molecule has 1 unspecified atom stereocenters. The van der Waals surface area contributed by atoms with Crippen LogP contribution in [0.5, 0.6) is 0 Å². The summed E-state index contributed by atoms with van der Waals surface area (Å²) in [4.78, 5) is 24.9. The third-order valence-electron chi connectivity index (χ3n) is 5.25. The van der Waals surface area contributed by atoms with Crippen LogP contribution in [0.1, 0.15) is 55.1 Å². The lowest BCUT2D eigenvalue weighted by molar-refractivity contribution is -0.112. The largest absolute Gasteiger partial charge is 0.381 e. The molecule has 5 nitrogen and oxygen atoms in total. The quantitative estimate of drug-likeness (QED) is 0.553. The van der Waals surface area contributed by atoms with E-state index in [1.54, 1.807) is 30.3 Å². The zero-order valence-electron chi connectivity index (χ0n) is 17.8. The lowest BCUT2D eigenvalue weighted by Gasteiger charge is -2.21. The number of benzene rings is 2. The lowest BCUT2D eigenvalue weighted by atomic mass is 9.86. The maximum Gasteiger partial charge on any atom is 0.296 e. The Morgan fingerprint density at radius 2 is 1.73 bits per heavy atom. The average Bonchev–Trinajstić information content (AvgIpc) is 2.73. The predicted molar refractivity (Wildman–Crippen MR) is 120 cm³/mol. The van der Waals surface area contributed by atoms with Crippen LogP contribution in [-0.4, -0.2) is 34.4 Å². The van der Waals surface area contributed by atoms with Gasteiger partial charge < -0.3 is 10.1 Å². The molecule has 1 aliphatic heterocycles. The molecule has 0 saturated carbocycles. The van der Waals surface area contributed by atoms with Crippen LogP contribution in [0.3, 0.4) is 0 Å².